The summed E-state index contributed by atoms with van der Waals surface area (Å²) >= 11 is 0. The standard InChI is InChI=1S/C8H16O4/c1-5-7(3,10)8(4,11)12-6(2)9/h10-11H,5H2,1-4H3. The van der Waals surface area contributed by atoms with Gasteiger partial charge in [0.05, 0.1) is 0 Å². The Kier molecular flexibility index (Phi) is 3.24. The summed E-state index contributed by atoms with van der Waals surface area (Å²) < 4.78 is 4.56. The molecule has 0 bridgehead atoms. The third kappa shape index (κ3) is 2.46. The van der Waals surface area contributed by atoms with Gasteiger partial charge in [-0.1, -0.05) is 6.92 Å². The lowest BCUT2D eigenvalue weighted by molar-refractivity contribution is -0.270. The predicted molar refractivity (Wildman–Crippen MR) is 43.3 cm³/mol. The second-order valence-corrected chi connectivity index (χ2v) is 3.20. The maximum atomic E-state index is 10.5. The van der Waals surface area contributed by atoms with Crippen molar-refractivity contribution in [2.24, 2.45) is 0 Å². The van der Waals surface area contributed by atoms with Gasteiger partial charge in [0.25, 0.3) is 0 Å². The molecule has 4 nitrogen and oxygen atoms in total. The van der Waals surface area contributed by atoms with Crippen molar-refractivity contribution in [1.29, 1.82) is 0 Å². The number of rotatable bonds is 3. The van der Waals surface area contributed by atoms with E-state index in [4.69, 9.17) is 0 Å². The van der Waals surface area contributed by atoms with Crippen molar-refractivity contribution in [3.05, 3.63) is 0 Å². The van der Waals surface area contributed by atoms with E-state index in [9.17, 15) is 15.0 Å². The van der Waals surface area contributed by atoms with Crippen LogP contribution in [0.2, 0.25) is 0 Å². The van der Waals surface area contributed by atoms with E-state index in [0.29, 0.717) is 6.42 Å². The van der Waals surface area contributed by atoms with Crippen LogP contribution in [0, 0.1) is 0 Å². The summed E-state index contributed by atoms with van der Waals surface area (Å²) in [4.78, 5) is 10.5. The second-order valence-electron chi connectivity index (χ2n) is 3.20. The number of carbonyl (C=O) groups is 1. The van der Waals surface area contributed by atoms with E-state index in [-0.39, 0.29) is 0 Å². The first kappa shape index (κ1) is 11.4. The maximum Gasteiger partial charge on any atom is 0.305 e. The van der Waals surface area contributed by atoms with E-state index < -0.39 is 17.4 Å². The van der Waals surface area contributed by atoms with E-state index in [2.05, 4.69) is 4.74 Å². The van der Waals surface area contributed by atoms with Crippen molar-refractivity contribution in [2.75, 3.05) is 0 Å². The normalized spacial score (nSPS) is 20.8. The molecule has 0 saturated heterocycles. The first-order chi connectivity index (χ1) is 5.23. The van der Waals surface area contributed by atoms with Crippen molar-refractivity contribution < 1.29 is 19.7 Å². The molecule has 0 aliphatic rings. The Bertz CT molecular complexity index is 172. The molecule has 0 rings (SSSR count). The largest absolute Gasteiger partial charge is 0.431 e. The average Bonchev–Trinajstić information content (AvgIpc) is 1.84. The molecule has 0 radical (unpaired) electrons. The highest BCUT2D eigenvalue weighted by Gasteiger charge is 2.43. The first-order valence-electron chi connectivity index (χ1n) is 3.87. The van der Waals surface area contributed by atoms with Crippen LogP contribution in [-0.2, 0) is 9.53 Å². The van der Waals surface area contributed by atoms with Crippen LogP contribution in [0.3, 0.4) is 0 Å². The van der Waals surface area contributed by atoms with Crippen molar-refractivity contribution in [2.45, 2.75) is 45.5 Å². The SMILES string of the molecule is CCC(C)(O)C(C)(O)OC(C)=O. The molecule has 2 unspecified atom stereocenters. The van der Waals surface area contributed by atoms with Crippen LogP contribution >= 0.6 is 0 Å². The summed E-state index contributed by atoms with van der Waals surface area (Å²) in [5.74, 6) is -2.44. The molecule has 72 valence electrons. The van der Waals surface area contributed by atoms with Gasteiger partial charge in [-0.15, -0.1) is 0 Å². The molecule has 0 aliphatic carbocycles. The van der Waals surface area contributed by atoms with Crippen molar-refractivity contribution in [3.63, 3.8) is 0 Å². The molecule has 0 amide bonds. The van der Waals surface area contributed by atoms with Crippen LogP contribution in [0.15, 0.2) is 0 Å². The van der Waals surface area contributed by atoms with E-state index in [1.54, 1.807) is 6.92 Å². The average molecular weight is 176 g/mol. The summed E-state index contributed by atoms with van der Waals surface area (Å²) in [7, 11) is 0. The van der Waals surface area contributed by atoms with Crippen molar-refractivity contribution in [1.82, 2.24) is 0 Å². The Morgan fingerprint density at radius 2 is 1.83 bits per heavy atom. The zero-order valence-electron chi connectivity index (χ0n) is 7.92. The highest BCUT2D eigenvalue weighted by molar-refractivity contribution is 5.66. The topological polar surface area (TPSA) is 66.8 Å². The van der Waals surface area contributed by atoms with Gasteiger partial charge in [0, 0.05) is 13.8 Å². The second kappa shape index (κ2) is 3.41. The van der Waals surface area contributed by atoms with Gasteiger partial charge in [-0.25, -0.2) is 0 Å². The third-order valence-corrected chi connectivity index (χ3v) is 2.03. The summed E-state index contributed by atoms with van der Waals surface area (Å²) in [6, 6.07) is 0. The number of hydrogen-bond donors (Lipinski definition) is 2. The Balaban J connectivity index is 4.48. The van der Waals surface area contributed by atoms with E-state index in [1.165, 1.54) is 20.8 Å². The summed E-state index contributed by atoms with van der Waals surface area (Å²) in [6.45, 7) is 5.55. The van der Waals surface area contributed by atoms with Crippen LogP contribution in [0.4, 0.5) is 0 Å². The van der Waals surface area contributed by atoms with Gasteiger partial charge < -0.3 is 14.9 Å². The molecular weight excluding hydrogens is 160 g/mol. The van der Waals surface area contributed by atoms with E-state index in [1.807, 2.05) is 0 Å². The molecule has 0 saturated carbocycles. The Morgan fingerprint density at radius 3 is 2.08 bits per heavy atom. The van der Waals surface area contributed by atoms with Crippen LogP contribution in [0.1, 0.15) is 34.1 Å². The molecule has 0 aliphatic heterocycles. The van der Waals surface area contributed by atoms with Gasteiger partial charge in [0.2, 0.25) is 5.79 Å². The number of hydrogen-bond acceptors (Lipinski definition) is 4. The van der Waals surface area contributed by atoms with Gasteiger partial charge >= 0.3 is 5.97 Å². The third-order valence-electron chi connectivity index (χ3n) is 2.03. The lowest BCUT2D eigenvalue weighted by Crippen LogP contribution is -2.52. The number of carbonyl (C=O) groups excluding carboxylic acids is 1. The quantitative estimate of drug-likeness (QED) is 0.483. The first-order valence-corrected chi connectivity index (χ1v) is 3.87. The Labute approximate surface area is 72.2 Å². The fourth-order valence-corrected chi connectivity index (χ4v) is 0.718. The van der Waals surface area contributed by atoms with Crippen LogP contribution in [0.5, 0.6) is 0 Å². The van der Waals surface area contributed by atoms with Crippen molar-refractivity contribution >= 4 is 5.97 Å². The van der Waals surface area contributed by atoms with Crippen LogP contribution in [-0.4, -0.2) is 27.6 Å². The summed E-state index contributed by atoms with van der Waals surface area (Å²) in [5.41, 5.74) is -1.42. The highest BCUT2D eigenvalue weighted by Crippen LogP contribution is 2.26. The fourth-order valence-electron chi connectivity index (χ4n) is 0.718. The predicted octanol–water partition coefficient (Wildman–Crippen LogP) is 0.419. The van der Waals surface area contributed by atoms with Gasteiger partial charge in [0.15, 0.2) is 0 Å². The van der Waals surface area contributed by atoms with Gasteiger partial charge in [-0.2, -0.15) is 0 Å². The van der Waals surface area contributed by atoms with Crippen LogP contribution in [0.25, 0.3) is 0 Å². The Morgan fingerprint density at radius 1 is 1.42 bits per heavy atom. The lowest BCUT2D eigenvalue weighted by atomic mass is 9.94. The molecule has 0 spiro atoms. The summed E-state index contributed by atoms with van der Waals surface area (Å²) in [5, 5.41) is 19.1. The Hall–Kier alpha value is -0.610. The molecule has 0 aromatic heterocycles. The van der Waals surface area contributed by atoms with E-state index in [0.717, 1.165) is 0 Å². The minimum Gasteiger partial charge on any atom is -0.431 e. The molecule has 0 fully saturated rings. The van der Waals surface area contributed by atoms with E-state index >= 15 is 0 Å². The minimum absolute atomic E-state index is 0.299. The molecule has 2 atom stereocenters. The molecule has 2 N–H and O–H groups in total. The van der Waals surface area contributed by atoms with Crippen LogP contribution < -0.4 is 0 Å². The molecule has 0 aromatic rings. The molecule has 12 heavy (non-hydrogen) atoms. The minimum atomic E-state index is -1.83. The smallest absolute Gasteiger partial charge is 0.305 e. The number of aliphatic hydroxyl groups is 2. The zero-order valence-corrected chi connectivity index (χ0v) is 7.92. The molecule has 0 aromatic carbocycles. The van der Waals surface area contributed by atoms with Crippen molar-refractivity contribution in [3.8, 4) is 0 Å². The summed E-state index contributed by atoms with van der Waals surface area (Å²) in [6.07, 6.45) is 0.299. The highest BCUT2D eigenvalue weighted by atomic mass is 16.7. The monoisotopic (exact) mass is 176 g/mol. The molecule has 4 heteroatoms. The molecular formula is C8H16O4. The number of esters is 1. The lowest BCUT2D eigenvalue weighted by Gasteiger charge is -2.36. The van der Waals surface area contributed by atoms with Gasteiger partial charge in [-0.05, 0) is 13.3 Å². The fraction of sp³-hybridized carbons (Fsp3) is 0.875. The van der Waals surface area contributed by atoms with Gasteiger partial charge in [0.1, 0.15) is 5.60 Å². The maximum absolute atomic E-state index is 10.5. The number of ether oxygens (including phenoxy) is 1. The molecule has 0 heterocycles. The zero-order chi connectivity index (χ0) is 9.99. The van der Waals surface area contributed by atoms with Gasteiger partial charge in [-0.3, -0.25) is 4.79 Å².